The van der Waals surface area contributed by atoms with E-state index in [9.17, 15) is 23.2 Å². The molecule has 0 bridgehead atoms. The minimum atomic E-state index is -2.42. The molecule has 2 rings (SSSR count). The van der Waals surface area contributed by atoms with Gasteiger partial charge in [0.15, 0.2) is 0 Å². The minimum Gasteiger partial charge on any atom is -0.313 e. The van der Waals surface area contributed by atoms with Crippen LogP contribution in [0.5, 0.6) is 0 Å². The third kappa shape index (κ3) is 19.5. The maximum absolute atomic E-state index is 11.9. The number of aromatic nitrogens is 4. The zero-order valence-corrected chi connectivity index (χ0v) is 16.2. The molecule has 0 aliphatic carbocycles. The van der Waals surface area contributed by atoms with Crippen LogP contribution < -0.4 is 11.1 Å². The van der Waals surface area contributed by atoms with Crippen molar-refractivity contribution in [3.63, 3.8) is 0 Å². The summed E-state index contributed by atoms with van der Waals surface area (Å²) in [6.07, 6.45) is 6.89. The third-order valence-corrected chi connectivity index (χ3v) is 3.01. The lowest BCUT2D eigenvalue weighted by Crippen LogP contribution is -2.10. The van der Waals surface area contributed by atoms with Gasteiger partial charge in [-0.3, -0.25) is 14.4 Å². The molecular formula is C18H44F2N4O3. The maximum Gasteiger partial charge on any atom is 0.250 e. The van der Waals surface area contributed by atoms with Gasteiger partial charge in [0.05, 0.1) is 12.7 Å². The fourth-order valence-electron chi connectivity index (χ4n) is 1.11. The molecule has 0 aliphatic heterocycles. The lowest BCUT2D eigenvalue weighted by atomic mass is 10.2. The Kier molecular flexibility index (Phi) is 9.52. The van der Waals surface area contributed by atoms with Crippen molar-refractivity contribution in [2.24, 2.45) is 0 Å². The first-order chi connectivity index (χ1) is 19.7. The van der Waals surface area contributed by atoms with Crippen LogP contribution in [-0.2, 0) is 4.79 Å². The smallest absolute Gasteiger partial charge is 0.250 e. The number of rotatable bonds is 4. The van der Waals surface area contributed by atoms with Crippen molar-refractivity contribution >= 4 is 5.78 Å². The summed E-state index contributed by atoms with van der Waals surface area (Å²) < 4.78 is 93.8. The number of ketones is 1. The highest BCUT2D eigenvalue weighted by molar-refractivity contribution is 5.77. The normalized spacial score (nSPS) is 11.5. The highest BCUT2D eigenvalue weighted by Crippen LogP contribution is 2.20. The number of halogens is 2. The summed E-state index contributed by atoms with van der Waals surface area (Å²) >= 11 is 0. The Bertz CT molecular complexity index is 665. The number of alkyl halides is 2. The first-order valence-corrected chi connectivity index (χ1v) is 8.59. The number of Topliss-reactive ketones (excluding diaryl/α,β-unsaturated/α-hetero) is 1. The summed E-state index contributed by atoms with van der Waals surface area (Å²) in [5.74, 6) is -2.07. The van der Waals surface area contributed by atoms with E-state index in [1.54, 1.807) is 0 Å². The van der Waals surface area contributed by atoms with E-state index >= 15 is 0 Å². The number of carbonyl (C=O) groups excluding carboxylic acids is 1. The monoisotopic (exact) mass is 417 g/mol. The summed E-state index contributed by atoms with van der Waals surface area (Å²) in [7, 11) is 0. The van der Waals surface area contributed by atoms with Gasteiger partial charge in [-0.2, -0.15) is 0 Å². The van der Waals surface area contributed by atoms with Crippen LogP contribution in [0.3, 0.4) is 0 Å². The number of nitrogens with one attached hydrogen (secondary N) is 2. The van der Waals surface area contributed by atoms with Crippen LogP contribution in [0.2, 0.25) is 0 Å². The predicted molar refractivity (Wildman–Crippen MR) is 118 cm³/mol. The second kappa shape index (κ2) is 16.7. The second-order valence-corrected chi connectivity index (χ2v) is 5.01. The molecule has 2 aromatic rings. The van der Waals surface area contributed by atoms with Crippen molar-refractivity contribution in [2.45, 2.75) is 59.3 Å². The molecule has 2 N–H and O–H groups in total. The molecular weight excluding hydrogens is 358 g/mol. The van der Waals surface area contributed by atoms with Gasteiger partial charge in [0.25, 0.3) is 11.1 Å². The average Bonchev–Trinajstić information content (AvgIpc) is 3.08. The molecule has 0 spiro atoms. The standard InChI is InChI=1S/C5H10F2.C5H10O.2C4H4N2O.8H2/c1-3-5(6,7)4-2;1-3-5(6)4-2;2*7-4-1-2-5-3-6-4;;;;;;;;/h3-4H2,1-2H3;3-4H2,1-2H3;2*1-3H,(H,5,6,7);8*1H/i;;;;7*1+1D;1+1. The minimum absolute atomic E-state index is 0. The molecule has 27 heavy (non-hydrogen) atoms. The van der Waals surface area contributed by atoms with E-state index in [0.717, 1.165) is 0 Å². The fourth-order valence-corrected chi connectivity index (χ4v) is 1.11. The van der Waals surface area contributed by atoms with Gasteiger partial charge in [-0.1, -0.05) is 27.7 Å². The van der Waals surface area contributed by atoms with Crippen LogP contribution in [0, 0.1) is 0 Å². The Morgan fingerprint density at radius 1 is 0.963 bits per heavy atom. The highest BCUT2D eigenvalue weighted by Gasteiger charge is 2.21. The third-order valence-electron chi connectivity index (χ3n) is 3.01. The Labute approximate surface area is 180 Å². The summed E-state index contributed by atoms with van der Waals surface area (Å²) in [5, 5.41) is 0. The van der Waals surface area contributed by atoms with Gasteiger partial charge in [-0.25, -0.2) is 18.7 Å². The van der Waals surface area contributed by atoms with Crippen LogP contribution in [0.25, 0.3) is 0 Å². The van der Waals surface area contributed by atoms with Crippen molar-refractivity contribution in [3.05, 3.63) is 57.9 Å². The van der Waals surface area contributed by atoms with Gasteiger partial charge >= 0.3 is 0 Å². The highest BCUT2D eigenvalue weighted by atomic mass is 19.3. The Morgan fingerprint density at radius 3 is 1.41 bits per heavy atom. The van der Waals surface area contributed by atoms with Gasteiger partial charge in [-0.15, -0.1) is 0 Å². The zero-order chi connectivity index (χ0) is 35.1. The number of hydrogen-bond acceptors (Lipinski definition) is 5. The molecule has 0 atom stereocenters. The van der Waals surface area contributed by atoms with Gasteiger partial charge in [0, 0.05) is 72.4 Å². The molecule has 0 unspecified atom stereocenters. The Morgan fingerprint density at radius 2 is 1.33 bits per heavy atom. The van der Waals surface area contributed by atoms with E-state index in [0.29, 0.717) is 18.6 Å². The van der Waals surface area contributed by atoms with Gasteiger partial charge in [0.1, 0.15) is 5.78 Å². The Balaban J connectivity index is -0.0000000354. The summed E-state index contributed by atoms with van der Waals surface area (Å²) in [6, 6.07) is 2.72. The lowest BCUT2D eigenvalue weighted by Gasteiger charge is -2.08. The van der Waals surface area contributed by atoms with Crippen molar-refractivity contribution in [1.82, 2.24) is 19.9 Å². The van der Waals surface area contributed by atoms with Crippen molar-refractivity contribution in [1.29, 1.82) is 0 Å². The van der Waals surface area contributed by atoms with E-state index in [1.807, 2.05) is 13.8 Å². The fraction of sp³-hybridized carbons (Fsp3) is 0.500. The molecule has 168 valence electrons. The first-order valence-electron chi connectivity index (χ1n) is 15.6. The van der Waals surface area contributed by atoms with Crippen LogP contribution in [-0.4, -0.2) is 31.6 Å². The van der Waals surface area contributed by atoms with Crippen LogP contribution in [0.15, 0.2) is 46.8 Å². The summed E-state index contributed by atoms with van der Waals surface area (Å²) in [6.45, 7) is 6.74. The molecule has 0 aromatic carbocycles. The largest absolute Gasteiger partial charge is 0.313 e. The van der Waals surface area contributed by atoms with E-state index in [4.69, 9.17) is 20.8 Å². The van der Waals surface area contributed by atoms with Gasteiger partial charge in [0.2, 0.25) is 5.92 Å². The topological polar surface area (TPSA) is 109 Å². The van der Waals surface area contributed by atoms with Crippen molar-refractivity contribution < 1.29 is 35.8 Å². The number of nitrogens with zero attached hydrogens (tertiary/aromatic N) is 2. The molecule has 0 saturated carbocycles. The van der Waals surface area contributed by atoms with Crippen LogP contribution in [0.1, 0.15) is 75.6 Å². The van der Waals surface area contributed by atoms with Crippen LogP contribution >= 0.6 is 0 Å². The van der Waals surface area contributed by atoms with Crippen molar-refractivity contribution in [3.8, 4) is 0 Å². The number of H-pyrrole nitrogens is 2. The molecule has 0 amide bonds. The van der Waals surface area contributed by atoms with E-state index < -0.39 is 5.92 Å². The second-order valence-electron chi connectivity index (χ2n) is 5.01. The van der Waals surface area contributed by atoms with Gasteiger partial charge < -0.3 is 9.97 Å². The molecule has 0 aliphatic rings. The summed E-state index contributed by atoms with van der Waals surface area (Å²) in [4.78, 5) is 42.4. The van der Waals surface area contributed by atoms with Gasteiger partial charge in [-0.05, 0) is 0 Å². The Hall–Kier alpha value is -2.71. The molecule has 2 aromatic heterocycles. The molecule has 9 heteroatoms. The molecule has 0 saturated heterocycles. The van der Waals surface area contributed by atoms with Crippen molar-refractivity contribution in [2.75, 3.05) is 0 Å². The lowest BCUT2D eigenvalue weighted by molar-refractivity contribution is -0.118. The maximum atomic E-state index is 11.9. The van der Waals surface area contributed by atoms with E-state index in [1.165, 1.54) is 51.0 Å². The van der Waals surface area contributed by atoms with E-state index in [2.05, 4.69) is 19.9 Å². The van der Waals surface area contributed by atoms with E-state index in [-0.39, 0.29) is 25.4 Å². The number of aromatic amines is 2. The quantitative estimate of drug-likeness (QED) is 0.699. The predicted octanol–water partition coefficient (Wildman–Crippen LogP) is 5.33. The average molecular weight is 418 g/mol. The number of hydrogen-bond donors (Lipinski definition) is 2. The molecule has 2 heterocycles. The molecule has 0 fully saturated rings. The van der Waals surface area contributed by atoms with Crippen LogP contribution in [0.4, 0.5) is 8.78 Å². The molecule has 7 nitrogen and oxygen atoms in total. The molecule has 0 radical (unpaired) electrons. The first kappa shape index (κ1) is 15.4. The number of carbonyl (C=O) groups is 1. The summed E-state index contributed by atoms with van der Waals surface area (Å²) in [5.41, 5.74) is -0.231. The zero-order valence-electron chi connectivity index (χ0n) is 30.2. The SMILES string of the molecule is CCC(=O)CC.CCC(F)(F)CC.O=c1ccnc[nH]1.O=c1ccnc[nH]1.[2HH].[2H][2H].[2H][2H].[2H][2H].[2H][2H].[2H][2H].[2H][2H].[2H][2H].